The standard InChI is InChI=1S/C14H23NS/c1-2-16-8-13(15-1)14-11-4-9-3-10(6-11)7-12(14)5-9/h9-15H,1-8H2. The second-order valence-electron chi connectivity index (χ2n) is 6.64. The van der Waals surface area contributed by atoms with Crippen LogP contribution in [0.2, 0.25) is 0 Å². The molecule has 1 saturated heterocycles. The highest BCUT2D eigenvalue weighted by Gasteiger charge is 2.50. The topological polar surface area (TPSA) is 12.0 Å². The molecule has 5 aliphatic rings. The molecule has 0 radical (unpaired) electrons. The average Bonchev–Trinajstić information content (AvgIpc) is 2.29. The number of nitrogens with one attached hydrogen (secondary N) is 1. The molecular formula is C14H23NS. The zero-order chi connectivity index (χ0) is 10.5. The number of rotatable bonds is 1. The summed E-state index contributed by atoms with van der Waals surface area (Å²) in [5.74, 6) is 8.27. The van der Waals surface area contributed by atoms with Crippen LogP contribution in [0.5, 0.6) is 0 Å². The summed E-state index contributed by atoms with van der Waals surface area (Å²) in [7, 11) is 0. The van der Waals surface area contributed by atoms with Crippen LogP contribution in [-0.2, 0) is 0 Å². The van der Waals surface area contributed by atoms with Crippen molar-refractivity contribution in [1.82, 2.24) is 5.32 Å². The smallest absolute Gasteiger partial charge is 0.0192 e. The van der Waals surface area contributed by atoms with E-state index in [9.17, 15) is 0 Å². The van der Waals surface area contributed by atoms with E-state index in [1.54, 1.807) is 32.1 Å². The Balaban J connectivity index is 1.55. The Morgan fingerprint density at radius 2 is 1.56 bits per heavy atom. The number of thioether (sulfide) groups is 1. The van der Waals surface area contributed by atoms with Gasteiger partial charge >= 0.3 is 0 Å². The minimum atomic E-state index is 0.869. The van der Waals surface area contributed by atoms with Gasteiger partial charge in [0.25, 0.3) is 0 Å². The second kappa shape index (κ2) is 3.91. The summed E-state index contributed by atoms with van der Waals surface area (Å²) < 4.78 is 0. The molecule has 1 N–H and O–H groups in total. The largest absolute Gasteiger partial charge is 0.312 e. The van der Waals surface area contributed by atoms with E-state index in [1.807, 2.05) is 0 Å². The molecule has 1 heterocycles. The van der Waals surface area contributed by atoms with Crippen molar-refractivity contribution in [2.45, 2.75) is 38.1 Å². The molecule has 0 aromatic rings. The zero-order valence-electron chi connectivity index (χ0n) is 10.0. The minimum Gasteiger partial charge on any atom is -0.312 e. The first-order valence-electron chi connectivity index (χ1n) is 7.21. The molecule has 0 aromatic carbocycles. The van der Waals surface area contributed by atoms with Gasteiger partial charge in [-0.3, -0.25) is 0 Å². The molecule has 4 aliphatic carbocycles. The van der Waals surface area contributed by atoms with Gasteiger partial charge in [-0.25, -0.2) is 0 Å². The highest BCUT2D eigenvalue weighted by atomic mass is 32.2. The van der Waals surface area contributed by atoms with Crippen molar-refractivity contribution in [3.05, 3.63) is 0 Å². The van der Waals surface area contributed by atoms with Gasteiger partial charge in [0, 0.05) is 24.1 Å². The quantitative estimate of drug-likeness (QED) is 0.752. The average molecular weight is 237 g/mol. The molecule has 5 fully saturated rings. The SMILES string of the molecule is C1CSCC(C2C3CC4CC(C3)CC2C4)N1. The summed E-state index contributed by atoms with van der Waals surface area (Å²) in [6, 6.07) is 0.869. The fourth-order valence-corrected chi connectivity index (χ4v) is 6.48. The van der Waals surface area contributed by atoms with Crippen molar-refractivity contribution in [2.75, 3.05) is 18.1 Å². The van der Waals surface area contributed by atoms with Crippen LogP contribution in [0.4, 0.5) is 0 Å². The highest BCUT2D eigenvalue weighted by Crippen LogP contribution is 2.57. The molecule has 4 bridgehead atoms. The molecule has 0 aromatic heterocycles. The van der Waals surface area contributed by atoms with Gasteiger partial charge in [-0.1, -0.05) is 0 Å². The van der Waals surface area contributed by atoms with Gasteiger partial charge in [0.05, 0.1) is 0 Å². The summed E-state index contributed by atoms with van der Waals surface area (Å²) in [6.07, 6.45) is 7.93. The van der Waals surface area contributed by atoms with Gasteiger partial charge in [0.1, 0.15) is 0 Å². The molecule has 1 aliphatic heterocycles. The fraction of sp³-hybridized carbons (Fsp3) is 1.00. The molecule has 90 valence electrons. The van der Waals surface area contributed by atoms with Crippen molar-refractivity contribution in [1.29, 1.82) is 0 Å². The van der Waals surface area contributed by atoms with E-state index < -0.39 is 0 Å². The maximum atomic E-state index is 3.83. The summed E-state index contributed by atoms with van der Waals surface area (Å²) in [4.78, 5) is 0. The molecular weight excluding hydrogens is 214 g/mol. The van der Waals surface area contributed by atoms with Crippen LogP contribution in [0, 0.1) is 29.6 Å². The Kier molecular flexibility index (Phi) is 2.51. The second-order valence-corrected chi connectivity index (χ2v) is 7.79. The lowest BCUT2D eigenvalue weighted by Crippen LogP contribution is -2.55. The van der Waals surface area contributed by atoms with Gasteiger partial charge in [0.2, 0.25) is 0 Å². The van der Waals surface area contributed by atoms with Crippen molar-refractivity contribution in [2.24, 2.45) is 29.6 Å². The normalized spacial score (nSPS) is 55.5. The molecule has 16 heavy (non-hydrogen) atoms. The van der Waals surface area contributed by atoms with Crippen LogP contribution >= 0.6 is 11.8 Å². The summed E-state index contributed by atoms with van der Waals surface area (Å²) in [5.41, 5.74) is 0. The molecule has 5 rings (SSSR count). The Morgan fingerprint density at radius 1 is 0.875 bits per heavy atom. The lowest BCUT2D eigenvalue weighted by molar-refractivity contribution is -0.0486. The number of hydrogen-bond acceptors (Lipinski definition) is 2. The predicted octanol–water partition coefficient (Wildman–Crippen LogP) is 2.76. The third-order valence-corrected chi connectivity index (χ3v) is 6.80. The van der Waals surface area contributed by atoms with Crippen LogP contribution in [0.15, 0.2) is 0 Å². The Morgan fingerprint density at radius 3 is 2.12 bits per heavy atom. The molecule has 4 saturated carbocycles. The third kappa shape index (κ3) is 1.56. The molecule has 0 amide bonds. The Labute approximate surface area is 103 Å². The van der Waals surface area contributed by atoms with Crippen molar-refractivity contribution in [3.63, 3.8) is 0 Å². The third-order valence-electron chi connectivity index (χ3n) is 5.71. The van der Waals surface area contributed by atoms with Crippen molar-refractivity contribution >= 4 is 11.8 Å². The van der Waals surface area contributed by atoms with Gasteiger partial charge in [-0.2, -0.15) is 11.8 Å². The fourth-order valence-electron chi connectivity index (χ4n) is 5.46. The van der Waals surface area contributed by atoms with Gasteiger partial charge in [-0.05, 0) is 61.7 Å². The van der Waals surface area contributed by atoms with Gasteiger partial charge in [0.15, 0.2) is 0 Å². The maximum Gasteiger partial charge on any atom is 0.0192 e. The minimum absolute atomic E-state index is 0.869. The highest BCUT2D eigenvalue weighted by molar-refractivity contribution is 7.99. The van der Waals surface area contributed by atoms with E-state index in [2.05, 4.69) is 17.1 Å². The van der Waals surface area contributed by atoms with E-state index in [4.69, 9.17) is 0 Å². The predicted molar refractivity (Wildman–Crippen MR) is 69.7 cm³/mol. The molecule has 1 atom stereocenters. The summed E-state index contributed by atoms with van der Waals surface area (Å²) in [5, 5.41) is 3.83. The number of hydrogen-bond donors (Lipinski definition) is 1. The summed E-state index contributed by atoms with van der Waals surface area (Å²) >= 11 is 2.18. The van der Waals surface area contributed by atoms with E-state index in [-0.39, 0.29) is 0 Å². The van der Waals surface area contributed by atoms with E-state index >= 15 is 0 Å². The first-order valence-corrected chi connectivity index (χ1v) is 8.37. The Hall–Kier alpha value is 0.310. The lowest BCUT2D eigenvalue weighted by atomic mass is 9.50. The van der Waals surface area contributed by atoms with Crippen LogP contribution in [0.25, 0.3) is 0 Å². The summed E-state index contributed by atoms with van der Waals surface area (Å²) in [6.45, 7) is 1.26. The molecule has 2 heteroatoms. The van der Waals surface area contributed by atoms with Crippen LogP contribution < -0.4 is 5.32 Å². The van der Waals surface area contributed by atoms with Gasteiger partial charge < -0.3 is 5.32 Å². The lowest BCUT2D eigenvalue weighted by Gasteiger charge is -2.57. The first kappa shape index (κ1) is 10.3. The first-order chi connectivity index (χ1) is 7.90. The molecule has 1 nitrogen and oxygen atoms in total. The van der Waals surface area contributed by atoms with E-state index in [0.29, 0.717) is 0 Å². The Bertz CT molecular complexity index is 241. The van der Waals surface area contributed by atoms with Crippen LogP contribution in [-0.4, -0.2) is 24.1 Å². The van der Waals surface area contributed by atoms with Crippen molar-refractivity contribution in [3.8, 4) is 0 Å². The van der Waals surface area contributed by atoms with Crippen molar-refractivity contribution < 1.29 is 0 Å². The van der Waals surface area contributed by atoms with Gasteiger partial charge in [-0.15, -0.1) is 0 Å². The molecule has 1 unspecified atom stereocenters. The van der Waals surface area contributed by atoms with E-state index in [0.717, 1.165) is 35.6 Å². The van der Waals surface area contributed by atoms with Crippen LogP contribution in [0.3, 0.4) is 0 Å². The zero-order valence-corrected chi connectivity index (χ0v) is 10.8. The van der Waals surface area contributed by atoms with E-state index in [1.165, 1.54) is 18.1 Å². The monoisotopic (exact) mass is 237 g/mol. The van der Waals surface area contributed by atoms with Crippen LogP contribution in [0.1, 0.15) is 32.1 Å². The maximum absolute atomic E-state index is 3.83. The molecule has 0 spiro atoms.